The van der Waals surface area contributed by atoms with Crippen LogP contribution >= 0.6 is 0 Å². The van der Waals surface area contributed by atoms with E-state index in [-0.39, 0.29) is 17.2 Å². The number of hydrazine groups is 1. The molecule has 39 heavy (non-hydrogen) atoms. The molecule has 0 radical (unpaired) electrons. The van der Waals surface area contributed by atoms with Gasteiger partial charge in [0.05, 0.1) is 6.04 Å². The van der Waals surface area contributed by atoms with Crippen LogP contribution in [0.5, 0.6) is 0 Å². The lowest BCUT2D eigenvalue weighted by Gasteiger charge is -2.22. The minimum absolute atomic E-state index is 0.0223. The molecule has 1 aromatic heterocycles. The third-order valence-corrected chi connectivity index (χ3v) is 7.22. The zero-order valence-electron chi connectivity index (χ0n) is 20.8. The molecule has 7 heteroatoms. The second-order valence-electron chi connectivity index (χ2n) is 9.66. The smallest absolute Gasteiger partial charge is 0.299 e. The van der Waals surface area contributed by atoms with Crippen molar-refractivity contribution in [3.63, 3.8) is 0 Å². The molecule has 4 aromatic carbocycles. The van der Waals surface area contributed by atoms with E-state index in [0.717, 1.165) is 23.1 Å². The van der Waals surface area contributed by atoms with Crippen LogP contribution in [0, 0.1) is 0 Å². The monoisotopic (exact) mass is 515 g/mol. The zero-order valence-corrected chi connectivity index (χ0v) is 20.8. The summed E-state index contributed by atoms with van der Waals surface area (Å²) in [5.41, 5.74) is 10.1. The Morgan fingerprint density at radius 3 is 1.79 bits per heavy atom. The average Bonchev–Trinajstić information content (AvgIpc) is 3.23. The predicted molar refractivity (Wildman–Crippen MR) is 147 cm³/mol. The molecule has 0 saturated carbocycles. The predicted octanol–water partition coefficient (Wildman–Crippen LogP) is 7.05. The third-order valence-electron chi connectivity index (χ3n) is 7.22. The molecule has 2 aliphatic rings. The summed E-state index contributed by atoms with van der Waals surface area (Å²) in [7, 11) is 0. The number of alkyl halides is 2. The Morgan fingerprint density at radius 1 is 0.641 bits per heavy atom. The van der Waals surface area contributed by atoms with E-state index in [9.17, 15) is 0 Å². The Balaban J connectivity index is 1.33. The van der Waals surface area contributed by atoms with E-state index in [1.165, 1.54) is 6.07 Å². The lowest BCUT2D eigenvalue weighted by atomic mass is 9.97. The van der Waals surface area contributed by atoms with E-state index in [1.807, 2.05) is 85.1 Å². The number of nitrogens with zero attached hydrogens (tertiary/aromatic N) is 3. The molecule has 1 aliphatic carbocycles. The van der Waals surface area contributed by atoms with E-state index in [2.05, 4.69) is 10.9 Å². The van der Waals surface area contributed by atoms with Crippen molar-refractivity contribution in [1.29, 1.82) is 0 Å². The van der Waals surface area contributed by atoms with Crippen LogP contribution in [0.25, 0.3) is 45.3 Å². The van der Waals surface area contributed by atoms with Crippen LogP contribution in [-0.2, 0) is 5.92 Å². The van der Waals surface area contributed by atoms with Crippen molar-refractivity contribution in [2.75, 3.05) is 0 Å². The van der Waals surface area contributed by atoms with E-state index >= 15 is 8.78 Å². The van der Waals surface area contributed by atoms with Gasteiger partial charge in [-0.15, -0.1) is 0 Å². The van der Waals surface area contributed by atoms with Crippen molar-refractivity contribution in [2.24, 2.45) is 0 Å². The fraction of sp³-hybridized carbons (Fsp3) is 0.0938. The Kier molecular flexibility index (Phi) is 5.52. The fourth-order valence-corrected chi connectivity index (χ4v) is 5.22. The first-order valence-electron chi connectivity index (χ1n) is 12.8. The summed E-state index contributed by atoms with van der Waals surface area (Å²) >= 11 is 0. The summed E-state index contributed by atoms with van der Waals surface area (Å²) in [5, 5.41) is 0. The summed E-state index contributed by atoms with van der Waals surface area (Å²) < 4.78 is 31.9. The minimum atomic E-state index is -3.15. The highest BCUT2D eigenvalue weighted by Crippen LogP contribution is 2.52. The number of fused-ring (bicyclic) bond motifs is 3. The largest absolute Gasteiger partial charge is 0.329 e. The summed E-state index contributed by atoms with van der Waals surface area (Å²) in [6.07, 6.45) is 4.51. The van der Waals surface area contributed by atoms with Crippen molar-refractivity contribution in [1.82, 2.24) is 25.8 Å². The first kappa shape index (κ1) is 23.4. The summed E-state index contributed by atoms with van der Waals surface area (Å²) in [6, 6.07) is 29.5. The van der Waals surface area contributed by atoms with Crippen LogP contribution in [-0.4, -0.2) is 15.0 Å². The second kappa shape index (κ2) is 9.22. The maximum absolute atomic E-state index is 16.0. The Morgan fingerprint density at radius 2 is 1.21 bits per heavy atom. The molecule has 5 nitrogen and oxygen atoms in total. The number of hydrogen-bond donors (Lipinski definition) is 2. The number of nitrogens with one attached hydrogen (secondary N) is 2. The average molecular weight is 516 g/mol. The first-order valence-corrected chi connectivity index (χ1v) is 12.8. The summed E-state index contributed by atoms with van der Waals surface area (Å²) in [4.78, 5) is 14.1. The van der Waals surface area contributed by atoms with Crippen LogP contribution in [0.2, 0.25) is 0 Å². The molecule has 1 atom stereocenters. The van der Waals surface area contributed by atoms with Gasteiger partial charge in [0.25, 0.3) is 5.92 Å². The molecule has 1 unspecified atom stereocenters. The van der Waals surface area contributed by atoms with Gasteiger partial charge in [0.15, 0.2) is 17.5 Å². The number of hydrogen-bond acceptors (Lipinski definition) is 5. The fourth-order valence-electron chi connectivity index (χ4n) is 5.22. The standard InChI is InChI=1S/C32H23F2N5/c33-32(34)26-18-22(28-12-7-17-35-39-28)13-15-24(26)25-16-14-23(19-27(25)32)31-37-29(20-8-3-1-4-9-20)36-30(38-31)21-10-5-2-6-11-21/h1-11,13-19,28,35,39H,12H2. The highest BCUT2D eigenvalue weighted by atomic mass is 19.3. The van der Waals surface area contributed by atoms with Crippen molar-refractivity contribution in [3.05, 3.63) is 126 Å². The number of rotatable bonds is 4. The highest BCUT2D eigenvalue weighted by Gasteiger charge is 2.45. The van der Waals surface area contributed by atoms with E-state index in [0.29, 0.717) is 34.2 Å². The molecule has 7 rings (SSSR count). The molecule has 0 bridgehead atoms. The van der Waals surface area contributed by atoms with Gasteiger partial charge >= 0.3 is 0 Å². The second-order valence-corrected chi connectivity index (χ2v) is 9.66. The molecule has 0 amide bonds. The number of halogens is 2. The van der Waals surface area contributed by atoms with Crippen LogP contribution in [0.4, 0.5) is 8.78 Å². The molecule has 2 heterocycles. The summed E-state index contributed by atoms with van der Waals surface area (Å²) in [5.74, 6) is -1.82. The van der Waals surface area contributed by atoms with Crippen LogP contribution < -0.4 is 10.9 Å². The Labute approximate surface area is 224 Å². The molecule has 0 fully saturated rings. The first-order chi connectivity index (χ1) is 19.1. The topological polar surface area (TPSA) is 62.7 Å². The Hall–Kier alpha value is -4.75. The van der Waals surface area contributed by atoms with Gasteiger partial charge in [-0.2, -0.15) is 8.78 Å². The summed E-state index contributed by atoms with van der Waals surface area (Å²) in [6.45, 7) is 0. The normalized spacial score (nSPS) is 16.8. The number of aromatic nitrogens is 3. The van der Waals surface area contributed by atoms with Gasteiger partial charge in [-0.1, -0.05) is 91.0 Å². The van der Waals surface area contributed by atoms with E-state index < -0.39 is 5.92 Å². The molecule has 1 aliphatic heterocycles. The van der Waals surface area contributed by atoms with Crippen LogP contribution in [0.3, 0.4) is 0 Å². The lowest BCUT2D eigenvalue weighted by Crippen LogP contribution is -2.34. The van der Waals surface area contributed by atoms with Crippen molar-refractivity contribution in [2.45, 2.75) is 18.4 Å². The van der Waals surface area contributed by atoms with Crippen molar-refractivity contribution < 1.29 is 8.78 Å². The number of benzene rings is 4. The van der Waals surface area contributed by atoms with Gasteiger partial charge in [0, 0.05) is 34.0 Å². The lowest BCUT2D eigenvalue weighted by molar-refractivity contribution is 0.0479. The molecule has 5 aromatic rings. The highest BCUT2D eigenvalue weighted by molar-refractivity contribution is 5.82. The van der Waals surface area contributed by atoms with Crippen LogP contribution in [0.1, 0.15) is 29.2 Å². The van der Waals surface area contributed by atoms with Crippen molar-refractivity contribution >= 4 is 0 Å². The van der Waals surface area contributed by atoms with E-state index in [4.69, 9.17) is 15.0 Å². The molecule has 0 saturated heterocycles. The molecule has 2 N–H and O–H groups in total. The van der Waals surface area contributed by atoms with Gasteiger partial charge in [-0.05, 0) is 35.2 Å². The van der Waals surface area contributed by atoms with Gasteiger partial charge in [0.2, 0.25) is 0 Å². The maximum atomic E-state index is 16.0. The van der Waals surface area contributed by atoms with Gasteiger partial charge < -0.3 is 5.43 Å². The van der Waals surface area contributed by atoms with Crippen molar-refractivity contribution in [3.8, 4) is 45.3 Å². The van der Waals surface area contributed by atoms with E-state index in [1.54, 1.807) is 18.2 Å². The SMILES string of the molecule is FC1(F)c2cc(-c3nc(-c4ccccc4)nc(-c4ccccc4)n3)ccc2-c2ccc(C3CC=CNN3)cc21. The molecular formula is C32H23F2N5. The quantitative estimate of drug-likeness (QED) is 0.269. The van der Waals surface area contributed by atoms with Gasteiger partial charge in [-0.3, -0.25) is 0 Å². The minimum Gasteiger partial charge on any atom is -0.329 e. The maximum Gasteiger partial charge on any atom is 0.299 e. The van der Waals surface area contributed by atoms with Gasteiger partial charge in [-0.25, -0.2) is 20.4 Å². The molecule has 0 spiro atoms. The third kappa shape index (κ3) is 4.08. The zero-order chi connectivity index (χ0) is 26.4. The van der Waals surface area contributed by atoms with Crippen LogP contribution in [0.15, 0.2) is 109 Å². The molecular weight excluding hydrogens is 492 g/mol. The van der Waals surface area contributed by atoms with Gasteiger partial charge in [0.1, 0.15) is 0 Å². The Bertz CT molecular complexity index is 1660. The molecule has 190 valence electrons.